The highest BCUT2D eigenvalue weighted by Gasteiger charge is 2.21. The van der Waals surface area contributed by atoms with E-state index in [2.05, 4.69) is 77.1 Å². The molecule has 0 aliphatic heterocycles. The van der Waals surface area contributed by atoms with Gasteiger partial charge in [0.05, 0.1) is 33.0 Å². The van der Waals surface area contributed by atoms with Crippen LogP contribution in [0.3, 0.4) is 0 Å². The first kappa shape index (κ1) is 37.5. The maximum Gasteiger partial charge on any atom is 0.169 e. The minimum absolute atomic E-state index is 0.654. The Kier molecular flexibility index (Phi) is 16.3. The number of benzene rings is 4. The van der Waals surface area contributed by atoms with E-state index in [4.69, 9.17) is 23.7 Å². The fraction of sp³-hybridized carbons (Fsp3) is 0.581. The molecule has 4 aromatic carbocycles. The van der Waals surface area contributed by atoms with Gasteiger partial charge in [0.1, 0.15) is 5.75 Å². The Morgan fingerprint density at radius 1 is 0.354 bits per heavy atom. The van der Waals surface area contributed by atoms with Gasteiger partial charge in [0.15, 0.2) is 23.0 Å². The average Bonchev–Trinajstić information content (AvgIpc) is 3.11. The number of unbranched alkanes of at least 4 members (excludes halogenated alkanes) is 10. The molecule has 5 nitrogen and oxygen atoms in total. The molecule has 0 aliphatic carbocycles. The highest BCUT2D eigenvalue weighted by atomic mass is 16.5. The van der Waals surface area contributed by atoms with Gasteiger partial charge in [-0.1, -0.05) is 105 Å². The fourth-order valence-corrected chi connectivity index (χ4v) is 6.27. The van der Waals surface area contributed by atoms with Crippen molar-refractivity contribution in [3.63, 3.8) is 0 Å². The van der Waals surface area contributed by atoms with E-state index in [1.807, 2.05) is 0 Å². The van der Waals surface area contributed by atoms with Crippen LogP contribution in [0, 0.1) is 0 Å². The highest BCUT2D eigenvalue weighted by molar-refractivity contribution is 6.28. The number of hydrogen-bond donors (Lipinski definition) is 0. The molecule has 0 aromatic heterocycles. The lowest BCUT2D eigenvalue weighted by atomic mass is 9.93. The average molecular weight is 659 g/mol. The zero-order chi connectivity index (χ0) is 34.0. The molecule has 4 rings (SSSR count). The standard InChI is InChI=1S/C43H62O5/c1-6-11-16-25-44-33-21-22-34-35-23-24-39(45-26-17-12-7-2)43(48-29-20-15-10-5)42(35)38-32-41(47-28-19-14-9-4)40(46-27-18-13-8-3)31-37(38)36(34)30-33/h21-24,30-32H,6-20,25-29H2,1-5H3. The number of ether oxygens (including phenoxy) is 5. The van der Waals surface area contributed by atoms with Crippen LogP contribution in [-0.4, -0.2) is 33.0 Å². The van der Waals surface area contributed by atoms with Crippen LogP contribution in [0.5, 0.6) is 28.7 Å². The third kappa shape index (κ3) is 10.3. The van der Waals surface area contributed by atoms with Crippen molar-refractivity contribution in [2.45, 2.75) is 131 Å². The third-order valence-corrected chi connectivity index (χ3v) is 9.07. The summed E-state index contributed by atoms with van der Waals surface area (Å²) in [5, 5.41) is 6.75. The lowest BCUT2D eigenvalue weighted by Gasteiger charge is -2.21. The van der Waals surface area contributed by atoms with E-state index in [0.29, 0.717) is 26.4 Å². The zero-order valence-electron chi connectivity index (χ0n) is 30.7. The molecule has 264 valence electrons. The molecule has 0 unspecified atom stereocenters. The Hall–Kier alpha value is -3.34. The van der Waals surface area contributed by atoms with E-state index in [9.17, 15) is 0 Å². The van der Waals surface area contributed by atoms with Crippen LogP contribution < -0.4 is 23.7 Å². The van der Waals surface area contributed by atoms with Crippen molar-refractivity contribution in [3.8, 4) is 28.7 Å². The summed E-state index contributed by atoms with van der Waals surface area (Å²) in [7, 11) is 0. The summed E-state index contributed by atoms with van der Waals surface area (Å²) >= 11 is 0. The van der Waals surface area contributed by atoms with Crippen molar-refractivity contribution in [2.75, 3.05) is 33.0 Å². The predicted molar refractivity (Wildman–Crippen MR) is 204 cm³/mol. The molecule has 0 amide bonds. The van der Waals surface area contributed by atoms with Crippen LogP contribution in [0.1, 0.15) is 131 Å². The smallest absolute Gasteiger partial charge is 0.169 e. The quantitative estimate of drug-likeness (QED) is 0.0524. The molecule has 0 fully saturated rings. The Labute approximate surface area is 290 Å². The first-order valence-electron chi connectivity index (χ1n) is 19.3. The Morgan fingerprint density at radius 3 is 1.33 bits per heavy atom. The second-order valence-corrected chi connectivity index (χ2v) is 13.1. The van der Waals surface area contributed by atoms with E-state index in [1.165, 1.54) is 18.2 Å². The maximum absolute atomic E-state index is 6.72. The van der Waals surface area contributed by atoms with Crippen LogP contribution in [0.25, 0.3) is 32.3 Å². The molecule has 0 radical (unpaired) electrons. The topological polar surface area (TPSA) is 46.2 Å². The molecule has 4 aromatic rings. The van der Waals surface area contributed by atoms with Crippen LogP contribution in [0.2, 0.25) is 0 Å². The van der Waals surface area contributed by atoms with E-state index >= 15 is 0 Å². The van der Waals surface area contributed by atoms with Gasteiger partial charge in [-0.3, -0.25) is 0 Å². The van der Waals surface area contributed by atoms with Gasteiger partial charge in [-0.05, 0) is 95.4 Å². The molecular formula is C43H62O5. The van der Waals surface area contributed by atoms with Gasteiger partial charge in [0.2, 0.25) is 0 Å². The lowest BCUT2D eigenvalue weighted by Crippen LogP contribution is -2.05. The molecule has 0 saturated heterocycles. The minimum atomic E-state index is 0.654. The molecule has 48 heavy (non-hydrogen) atoms. The molecular weight excluding hydrogens is 596 g/mol. The monoisotopic (exact) mass is 658 g/mol. The highest BCUT2D eigenvalue weighted by Crippen LogP contribution is 2.48. The summed E-state index contributed by atoms with van der Waals surface area (Å²) in [4.78, 5) is 0. The molecule has 0 atom stereocenters. The Bertz CT molecular complexity index is 1520. The Morgan fingerprint density at radius 2 is 0.792 bits per heavy atom. The molecule has 0 spiro atoms. The van der Waals surface area contributed by atoms with Gasteiger partial charge in [-0.2, -0.15) is 0 Å². The van der Waals surface area contributed by atoms with Crippen molar-refractivity contribution in [2.24, 2.45) is 0 Å². The summed E-state index contributed by atoms with van der Waals surface area (Å²) in [6.45, 7) is 14.5. The molecule has 5 heteroatoms. The minimum Gasteiger partial charge on any atom is -0.494 e. The summed E-state index contributed by atoms with van der Waals surface area (Å²) in [6.07, 6.45) is 16.7. The zero-order valence-corrected chi connectivity index (χ0v) is 30.7. The maximum atomic E-state index is 6.72. The first-order valence-corrected chi connectivity index (χ1v) is 19.3. The first-order chi connectivity index (χ1) is 23.7. The number of fused-ring (bicyclic) bond motifs is 6. The number of rotatable bonds is 25. The summed E-state index contributed by atoms with van der Waals surface area (Å²) < 4.78 is 32.5. The molecule has 0 aliphatic rings. The van der Waals surface area contributed by atoms with Gasteiger partial charge < -0.3 is 23.7 Å². The lowest BCUT2D eigenvalue weighted by molar-refractivity contribution is 0.260. The van der Waals surface area contributed by atoms with Crippen molar-refractivity contribution >= 4 is 32.3 Å². The summed E-state index contributed by atoms with van der Waals surface area (Å²) in [5.41, 5.74) is 0. The van der Waals surface area contributed by atoms with E-state index in [-0.39, 0.29) is 0 Å². The van der Waals surface area contributed by atoms with E-state index in [1.54, 1.807) is 0 Å². The van der Waals surface area contributed by atoms with Gasteiger partial charge in [0, 0.05) is 5.39 Å². The Balaban J connectivity index is 1.95. The van der Waals surface area contributed by atoms with E-state index < -0.39 is 0 Å². The van der Waals surface area contributed by atoms with Gasteiger partial charge in [0.25, 0.3) is 0 Å². The normalized spacial score (nSPS) is 11.4. The second-order valence-electron chi connectivity index (χ2n) is 13.1. The van der Waals surface area contributed by atoms with Gasteiger partial charge >= 0.3 is 0 Å². The number of hydrogen-bond acceptors (Lipinski definition) is 5. The second kappa shape index (κ2) is 20.9. The van der Waals surface area contributed by atoms with E-state index in [0.717, 1.165) is 146 Å². The van der Waals surface area contributed by atoms with Gasteiger partial charge in [-0.25, -0.2) is 0 Å². The summed E-state index contributed by atoms with van der Waals surface area (Å²) in [6, 6.07) is 15.3. The largest absolute Gasteiger partial charge is 0.494 e. The van der Waals surface area contributed by atoms with Crippen LogP contribution in [0.4, 0.5) is 0 Å². The molecule has 0 bridgehead atoms. The molecule has 0 heterocycles. The van der Waals surface area contributed by atoms with Crippen LogP contribution in [0.15, 0.2) is 42.5 Å². The van der Waals surface area contributed by atoms with Crippen LogP contribution >= 0.6 is 0 Å². The van der Waals surface area contributed by atoms with Crippen molar-refractivity contribution in [1.82, 2.24) is 0 Å². The fourth-order valence-electron chi connectivity index (χ4n) is 6.27. The van der Waals surface area contributed by atoms with Crippen molar-refractivity contribution in [3.05, 3.63) is 42.5 Å². The van der Waals surface area contributed by atoms with Crippen molar-refractivity contribution in [1.29, 1.82) is 0 Å². The summed E-state index contributed by atoms with van der Waals surface area (Å²) in [5.74, 6) is 4.16. The molecule has 0 N–H and O–H groups in total. The van der Waals surface area contributed by atoms with Crippen molar-refractivity contribution < 1.29 is 23.7 Å². The SMILES string of the molecule is CCCCCOc1ccc2c(c1)c1cc(OCCCCC)c(OCCCCC)cc1c1c(OCCCCC)c(OCCCCC)ccc21. The third-order valence-electron chi connectivity index (χ3n) is 9.07. The molecule has 0 saturated carbocycles. The van der Waals surface area contributed by atoms with Gasteiger partial charge in [-0.15, -0.1) is 0 Å². The van der Waals surface area contributed by atoms with Crippen LogP contribution in [-0.2, 0) is 0 Å². The predicted octanol–water partition coefficient (Wildman–Crippen LogP) is 13.0.